The Morgan fingerprint density at radius 2 is 1.19 bits per heavy atom. The van der Waals surface area contributed by atoms with Gasteiger partial charge in [-0.2, -0.15) is 0 Å². The first kappa shape index (κ1) is 17.8. The summed E-state index contributed by atoms with van der Waals surface area (Å²) in [5.41, 5.74) is 2.73. The van der Waals surface area contributed by atoms with E-state index in [-0.39, 0.29) is 10.8 Å². The lowest BCUT2D eigenvalue weighted by Crippen LogP contribution is -2.12. The van der Waals surface area contributed by atoms with Crippen molar-refractivity contribution in [1.82, 2.24) is 0 Å². The molecule has 2 heteroatoms. The number of carboxylic acid groups (broad SMARTS) is 1. The van der Waals surface area contributed by atoms with E-state index in [1.165, 1.54) is 16.3 Å². The summed E-state index contributed by atoms with van der Waals surface area (Å²) in [6, 6.07) is 14.9. The van der Waals surface area contributed by atoms with Crippen LogP contribution in [0.5, 0.6) is 0 Å². The Balaban J connectivity index is 2.24. The summed E-state index contributed by atoms with van der Waals surface area (Å²) in [6.45, 7) is 13.1. The number of hydrogen-bond acceptors (Lipinski definition) is 1. The molecule has 0 fully saturated rings. The molecule has 0 saturated heterocycles. The number of carboxylic acids is 1. The van der Waals surface area contributed by atoms with Gasteiger partial charge < -0.3 is 5.11 Å². The van der Waals surface area contributed by atoms with E-state index in [1.54, 1.807) is 0 Å². The molecule has 0 radical (unpaired) electrons. The van der Waals surface area contributed by atoms with E-state index < -0.39 is 5.97 Å². The molecule has 0 saturated carbocycles. The summed E-state index contributed by atoms with van der Waals surface area (Å²) in [7, 11) is 0. The average Bonchev–Trinajstić information content (AvgIpc) is 2.56. The van der Waals surface area contributed by atoms with E-state index in [0.29, 0.717) is 5.56 Å². The van der Waals surface area contributed by atoms with Crippen LogP contribution >= 0.6 is 0 Å². The standard InChI is InChI=1S/C25H26O2/c1-24(2,3)17-9-14-7-8-15-10-18(25(4,5)6)13-19-20(23(26)27)12-16(11-17)21(14)22(15)19/h7-13H,1-6H3,(H,26,27). The maximum atomic E-state index is 12.1. The Hall–Kier alpha value is -2.61. The van der Waals surface area contributed by atoms with Crippen molar-refractivity contribution < 1.29 is 9.90 Å². The second-order valence-electron chi connectivity index (χ2n) is 9.71. The molecule has 0 heterocycles. The van der Waals surface area contributed by atoms with Crippen LogP contribution in [0.4, 0.5) is 0 Å². The molecule has 138 valence electrons. The van der Waals surface area contributed by atoms with Crippen molar-refractivity contribution in [1.29, 1.82) is 0 Å². The van der Waals surface area contributed by atoms with Gasteiger partial charge in [-0.3, -0.25) is 0 Å². The molecule has 4 aromatic rings. The molecule has 0 spiro atoms. The van der Waals surface area contributed by atoms with Gasteiger partial charge in [0.1, 0.15) is 0 Å². The summed E-state index contributed by atoms with van der Waals surface area (Å²) in [6.07, 6.45) is 0. The lowest BCUT2D eigenvalue weighted by Gasteiger charge is -2.24. The fourth-order valence-corrected chi connectivity index (χ4v) is 3.96. The number of benzene rings is 4. The van der Waals surface area contributed by atoms with Crippen LogP contribution in [0.2, 0.25) is 0 Å². The van der Waals surface area contributed by atoms with E-state index in [9.17, 15) is 9.90 Å². The maximum absolute atomic E-state index is 12.1. The molecule has 0 aliphatic heterocycles. The molecule has 4 aromatic carbocycles. The minimum atomic E-state index is -0.869. The molecule has 0 aliphatic rings. The molecule has 0 aliphatic carbocycles. The second kappa shape index (κ2) is 5.45. The number of hydrogen-bond donors (Lipinski definition) is 1. The van der Waals surface area contributed by atoms with Gasteiger partial charge in [-0.15, -0.1) is 0 Å². The Kier molecular flexibility index (Phi) is 3.59. The van der Waals surface area contributed by atoms with Crippen molar-refractivity contribution in [2.45, 2.75) is 52.4 Å². The first-order valence-electron chi connectivity index (χ1n) is 9.48. The van der Waals surface area contributed by atoms with E-state index in [0.717, 1.165) is 27.1 Å². The second-order valence-corrected chi connectivity index (χ2v) is 9.71. The van der Waals surface area contributed by atoms with Gasteiger partial charge in [0.25, 0.3) is 0 Å². The summed E-state index contributed by atoms with van der Waals surface area (Å²) in [5.74, 6) is -0.869. The van der Waals surface area contributed by atoms with Crippen LogP contribution < -0.4 is 0 Å². The zero-order valence-corrected chi connectivity index (χ0v) is 16.9. The van der Waals surface area contributed by atoms with Crippen LogP contribution in [0, 0.1) is 0 Å². The van der Waals surface area contributed by atoms with Crippen molar-refractivity contribution in [2.75, 3.05) is 0 Å². The Bertz CT molecular complexity index is 1200. The molecule has 0 amide bonds. The van der Waals surface area contributed by atoms with E-state index in [1.807, 2.05) is 6.07 Å². The zero-order chi connectivity index (χ0) is 19.7. The van der Waals surface area contributed by atoms with Gasteiger partial charge in [-0.1, -0.05) is 71.9 Å². The molecule has 1 N–H and O–H groups in total. The van der Waals surface area contributed by atoms with Crippen LogP contribution in [0.15, 0.2) is 42.5 Å². The van der Waals surface area contributed by atoms with Gasteiger partial charge in [0.15, 0.2) is 0 Å². The van der Waals surface area contributed by atoms with Gasteiger partial charge in [0.2, 0.25) is 0 Å². The third kappa shape index (κ3) is 2.75. The normalized spacial score (nSPS) is 13.1. The van der Waals surface area contributed by atoms with Gasteiger partial charge in [0.05, 0.1) is 5.56 Å². The third-order valence-corrected chi connectivity index (χ3v) is 5.61. The molecule has 4 rings (SSSR count). The first-order chi connectivity index (χ1) is 12.5. The van der Waals surface area contributed by atoms with Gasteiger partial charge in [-0.25, -0.2) is 4.79 Å². The molecule has 0 atom stereocenters. The van der Waals surface area contributed by atoms with E-state index >= 15 is 0 Å². The molecule has 0 aromatic heterocycles. The van der Waals surface area contributed by atoms with Crippen molar-refractivity contribution in [3.8, 4) is 0 Å². The van der Waals surface area contributed by atoms with Crippen molar-refractivity contribution in [2.24, 2.45) is 0 Å². The largest absolute Gasteiger partial charge is 0.478 e. The Labute approximate surface area is 160 Å². The van der Waals surface area contributed by atoms with Crippen LogP contribution in [0.25, 0.3) is 32.3 Å². The van der Waals surface area contributed by atoms with E-state index in [4.69, 9.17) is 0 Å². The van der Waals surface area contributed by atoms with Gasteiger partial charge >= 0.3 is 5.97 Å². The first-order valence-corrected chi connectivity index (χ1v) is 9.48. The molecular formula is C25H26O2. The van der Waals surface area contributed by atoms with Gasteiger partial charge in [-0.05, 0) is 66.4 Å². The highest BCUT2D eigenvalue weighted by Crippen LogP contribution is 2.41. The summed E-state index contributed by atoms with van der Waals surface area (Å²) < 4.78 is 0. The lowest BCUT2D eigenvalue weighted by atomic mass is 9.80. The molecular weight excluding hydrogens is 332 g/mol. The summed E-state index contributed by atoms with van der Waals surface area (Å²) in [4.78, 5) is 12.1. The lowest BCUT2D eigenvalue weighted by molar-refractivity contribution is 0.0699. The fraction of sp³-hybridized carbons (Fsp3) is 0.320. The quantitative estimate of drug-likeness (QED) is 0.377. The number of aromatic carboxylic acids is 1. The number of rotatable bonds is 1. The molecule has 0 unspecified atom stereocenters. The van der Waals surface area contributed by atoms with Gasteiger partial charge in [0, 0.05) is 0 Å². The Morgan fingerprint density at radius 1 is 0.704 bits per heavy atom. The predicted octanol–water partition coefficient (Wildman–Crippen LogP) is 6.88. The highest BCUT2D eigenvalue weighted by molar-refractivity contribution is 6.27. The van der Waals surface area contributed by atoms with Crippen molar-refractivity contribution in [3.05, 3.63) is 59.2 Å². The topological polar surface area (TPSA) is 37.3 Å². The number of carbonyl (C=O) groups is 1. The zero-order valence-electron chi connectivity index (χ0n) is 16.9. The van der Waals surface area contributed by atoms with Crippen molar-refractivity contribution in [3.63, 3.8) is 0 Å². The van der Waals surface area contributed by atoms with E-state index in [2.05, 4.69) is 77.9 Å². The van der Waals surface area contributed by atoms with Crippen molar-refractivity contribution >= 4 is 38.3 Å². The minimum absolute atomic E-state index is 0.00719. The molecule has 27 heavy (non-hydrogen) atoms. The van der Waals surface area contributed by atoms with Crippen LogP contribution in [-0.4, -0.2) is 11.1 Å². The predicted molar refractivity (Wildman–Crippen MR) is 115 cm³/mol. The maximum Gasteiger partial charge on any atom is 0.336 e. The highest BCUT2D eigenvalue weighted by Gasteiger charge is 2.22. The summed E-state index contributed by atoms with van der Waals surface area (Å²) >= 11 is 0. The van der Waals surface area contributed by atoms with Crippen LogP contribution in [-0.2, 0) is 10.8 Å². The highest BCUT2D eigenvalue weighted by atomic mass is 16.4. The van der Waals surface area contributed by atoms with Crippen LogP contribution in [0.1, 0.15) is 63.0 Å². The Morgan fingerprint density at radius 3 is 1.70 bits per heavy atom. The van der Waals surface area contributed by atoms with Crippen LogP contribution in [0.3, 0.4) is 0 Å². The average molecular weight is 358 g/mol. The fourth-order valence-electron chi connectivity index (χ4n) is 3.96. The monoisotopic (exact) mass is 358 g/mol. The minimum Gasteiger partial charge on any atom is -0.478 e. The smallest absolute Gasteiger partial charge is 0.336 e. The molecule has 0 bridgehead atoms. The molecule has 2 nitrogen and oxygen atoms in total. The SMILES string of the molecule is CC(C)(C)c1cc2ccc3cc(C(C)(C)C)cc4c(C(=O)O)cc(c1)c2c34. The third-order valence-electron chi connectivity index (χ3n) is 5.61. The summed E-state index contributed by atoms with van der Waals surface area (Å²) in [5, 5.41) is 16.3.